The Labute approximate surface area is 171 Å². The zero-order valence-corrected chi connectivity index (χ0v) is 16.9. The molecule has 0 aromatic heterocycles. The molecule has 1 amide bonds. The molecule has 1 aromatic carbocycles. The van der Waals surface area contributed by atoms with Gasteiger partial charge in [-0.3, -0.25) is 9.69 Å². The predicted octanol–water partition coefficient (Wildman–Crippen LogP) is 3.29. The fourth-order valence-electron chi connectivity index (χ4n) is 5.80. The van der Waals surface area contributed by atoms with Crippen molar-refractivity contribution in [3.05, 3.63) is 29.6 Å². The van der Waals surface area contributed by atoms with Crippen LogP contribution in [0.4, 0.5) is 4.39 Å². The number of carbonyl (C=O) groups is 1. The molecule has 0 bridgehead atoms. The highest BCUT2D eigenvalue weighted by Gasteiger charge is 2.49. The fourth-order valence-corrected chi connectivity index (χ4v) is 5.80. The lowest BCUT2D eigenvalue weighted by Crippen LogP contribution is -2.42. The highest BCUT2D eigenvalue weighted by molar-refractivity contribution is 5.80. The summed E-state index contributed by atoms with van der Waals surface area (Å²) in [6.45, 7) is 3.81. The number of fused-ring (bicyclic) bond motifs is 3. The molecule has 6 heteroatoms. The minimum atomic E-state index is -0.238. The van der Waals surface area contributed by atoms with Crippen molar-refractivity contribution in [2.75, 3.05) is 32.9 Å². The van der Waals surface area contributed by atoms with Gasteiger partial charge in [0.1, 0.15) is 11.6 Å². The van der Waals surface area contributed by atoms with Crippen LogP contribution in [0.1, 0.15) is 50.1 Å². The Bertz CT molecular complexity index is 746. The van der Waals surface area contributed by atoms with Crippen molar-refractivity contribution in [2.24, 2.45) is 17.8 Å². The molecular formula is C23H31FN2O3. The van der Waals surface area contributed by atoms with E-state index >= 15 is 0 Å². The minimum Gasteiger partial charge on any atom is -0.493 e. The number of ether oxygens (including phenoxy) is 2. The van der Waals surface area contributed by atoms with Gasteiger partial charge in [0, 0.05) is 49.9 Å². The standard InChI is InChI=1S/C23H31FN2O3/c24-16-5-6-21-18(11-16)22-20(14-29-21)19(23(27)25-17-3-1-2-4-17)13-26(22)12-15-7-9-28-10-8-15/h5-6,11,15,17,19-20,22H,1-4,7-10,12-14H2,(H,25,27)/t19-,20+,22+/m1/s1. The Balaban J connectivity index is 1.39. The minimum absolute atomic E-state index is 0.0524. The number of hydrogen-bond donors (Lipinski definition) is 1. The van der Waals surface area contributed by atoms with E-state index in [2.05, 4.69) is 10.2 Å². The molecule has 5 rings (SSSR count). The number of rotatable bonds is 4. The summed E-state index contributed by atoms with van der Waals surface area (Å²) >= 11 is 0. The quantitative estimate of drug-likeness (QED) is 0.840. The van der Waals surface area contributed by atoms with Crippen LogP contribution < -0.4 is 10.1 Å². The normalized spacial score (nSPS) is 30.6. The zero-order valence-electron chi connectivity index (χ0n) is 16.9. The first-order chi connectivity index (χ1) is 14.2. The summed E-state index contributed by atoms with van der Waals surface area (Å²) in [4.78, 5) is 15.6. The molecule has 2 saturated heterocycles. The maximum Gasteiger partial charge on any atom is 0.225 e. The molecule has 5 nitrogen and oxygen atoms in total. The second-order valence-corrected chi connectivity index (χ2v) is 9.21. The number of likely N-dealkylation sites (tertiary alicyclic amines) is 1. The van der Waals surface area contributed by atoms with E-state index in [9.17, 15) is 9.18 Å². The van der Waals surface area contributed by atoms with Crippen LogP contribution in [0.15, 0.2) is 18.2 Å². The van der Waals surface area contributed by atoms with Gasteiger partial charge in [0.2, 0.25) is 5.91 Å². The van der Waals surface area contributed by atoms with Crippen molar-refractivity contribution in [1.29, 1.82) is 0 Å². The average molecular weight is 403 g/mol. The Morgan fingerprint density at radius 1 is 1.17 bits per heavy atom. The van der Waals surface area contributed by atoms with Gasteiger partial charge in [-0.15, -0.1) is 0 Å². The highest BCUT2D eigenvalue weighted by Crippen LogP contribution is 2.48. The largest absolute Gasteiger partial charge is 0.493 e. The van der Waals surface area contributed by atoms with Crippen molar-refractivity contribution in [1.82, 2.24) is 10.2 Å². The van der Waals surface area contributed by atoms with Gasteiger partial charge in [0.15, 0.2) is 0 Å². The lowest BCUT2D eigenvalue weighted by Gasteiger charge is -2.36. The lowest BCUT2D eigenvalue weighted by molar-refractivity contribution is -0.127. The van der Waals surface area contributed by atoms with Gasteiger partial charge in [0.25, 0.3) is 0 Å². The van der Waals surface area contributed by atoms with Crippen LogP contribution in [-0.4, -0.2) is 49.8 Å². The highest BCUT2D eigenvalue weighted by atomic mass is 19.1. The topological polar surface area (TPSA) is 50.8 Å². The van der Waals surface area contributed by atoms with Crippen LogP contribution in [0.2, 0.25) is 0 Å². The maximum atomic E-state index is 14.1. The molecule has 3 atom stereocenters. The van der Waals surface area contributed by atoms with Gasteiger partial charge in [-0.2, -0.15) is 0 Å². The molecule has 4 aliphatic rings. The molecule has 3 heterocycles. The van der Waals surface area contributed by atoms with E-state index in [0.29, 0.717) is 18.6 Å². The average Bonchev–Trinajstić information content (AvgIpc) is 3.37. The van der Waals surface area contributed by atoms with Crippen LogP contribution in [0, 0.1) is 23.6 Å². The summed E-state index contributed by atoms with van der Waals surface area (Å²) in [5.41, 5.74) is 0.907. The number of halogens is 1. The summed E-state index contributed by atoms with van der Waals surface area (Å²) < 4.78 is 25.6. The van der Waals surface area contributed by atoms with E-state index in [1.54, 1.807) is 12.1 Å². The van der Waals surface area contributed by atoms with Crippen molar-refractivity contribution >= 4 is 5.91 Å². The predicted molar refractivity (Wildman–Crippen MR) is 107 cm³/mol. The Hall–Kier alpha value is -1.66. The van der Waals surface area contributed by atoms with E-state index in [-0.39, 0.29) is 29.6 Å². The van der Waals surface area contributed by atoms with Gasteiger partial charge in [-0.1, -0.05) is 12.8 Å². The second-order valence-electron chi connectivity index (χ2n) is 9.21. The molecule has 0 spiro atoms. The first kappa shape index (κ1) is 19.3. The van der Waals surface area contributed by atoms with E-state index in [0.717, 1.165) is 63.3 Å². The molecule has 1 aromatic rings. The number of hydrogen-bond acceptors (Lipinski definition) is 4. The van der Waals surface area contributed by atoms with E-state index in [4.69, 9.17) is 9.47 Å². The van der Waals surface area contributed by atoms with Gasteiger partial charge in [-0.25, -0.2) is 4.39 Å². The van der Waals surface area contributed by atoms with Gasteiger partial charge >= 0.3 is 0 Å². The second kappa shape index (κ2) is 8.23. The van der Waals surface area contributed by atoms with Crippen molar-refractivity contribution in [2.45, 2.75) is 50.6 Å². The fraction of sp³-hybridized carbons (Fsp3) is 0.696. The molecule has 3 aliphatic heterocycles. The molecule has 3 fully saturated rings. The van der Waals surface area contributed by atoms with Crippen molar-refractivity contribution < 1.29 is 18.7 Å². The molecular weight excluding hydrogens is 371 g/mol. The third-order valence-corrected chi connectivity index (χ3v) is 7.34. The van der Waals surface area contributed by atoms with Gasteiger partial charge in [0.05, 0.1) is 12.5 Å². The molecule has 1 saturated carbocycles. The third-order valence-electron chi connectivity index (χ3n) is 7.34. The van der Waals surface area contributed by atoms with Crippen molar-refractivity contribution in [3.63, 3.8) is 0 Å². The van der Waals surface area contributed by atoms with Gasteiger partial charge in [-0.05, 0) is 49.8 Å². The Morgan fingerprint density at radius 3 is 2.76 bits per heavy atom. The van der Waals surface area contributed by atoms with Crippen LogP contribution >= 0.6 is 0 Å². The van der Waals surface area contributed by atoms with E-state index in [1.165, 1.54) is 18.9 Å². The van der Waals surface area contributed by atoms with Crippen LogP contribution in [0.5, 0.6) is 5.75 Å². The van der Waals surface area contributed by atoms with Crippen molar-refractivity contribution in [3.8, 4) is 5.75 Å². The molecule has 0 radical (unpaired) electrons. The molecule has 158 valence electrons. The number of benzene rings is 1. The number of nitrogens with one attached hydrogen (secondary N) is 1. The first-order valence-electron chi connectivity index (χ1n) is 11.2. The van der Waals surface area contributed by atoms with Crippen LogP contribution in [0.3, 0.4) is 0 Å². The number of nitrogens with zero attached hydrogens (tertiary/aromatic N) is 1. The number of amides is 1. The molecule has 29 heavy (non-hydrogen) atoms. The third kappa shape index (κ3) is 3.89. The maximum absolute atomic E-state index is 14.1. The lowest BCUT2D eigenvalue weighted by atomic mass is 9.84. The summed E-state index contributed by atoms with van der Waals surface area (Å²) in [5, 5.41) is 3.30. The smallest absolute Gasteiger partial charge is 0.225 e. The Kier molecular flexibility index (Phi) is 5.48. The molecule has 0 unspecified atom stereocenters. The van der Waals surface area contributed by atoms with E-state index < -0.39 is 0 Å². The SMILES string of the molecule is O=C(NC1CCCC1)[C@@H]1CN(CC2CCOCC2)[C@H]2c3cc(F)ccc3OC[C@@H]12. The summed E-state index contributed by atoms with van der Waals surface area (Å²) in [7, 11) is 0. The van der Waals surface area contributed by atoms with Crippen LogP contribution in [0.25, 0.3) is 0 Å². The monoisotopic (exact) mass is 402 g/mol. The number of carbonyl (C=O) groups excluding carboxylic acids is 1. The molecule has 1 aliphatic carbocycles. The zero-order chi connectivity index (χ0) is 19.8. The van der Waals surface area contributed by atoms with Gasteiger partial charge < -0.3 is 14.8 Å². The molecule has 1 N–H and O–H groups in total. The van der Waals surface area contributed by atoms with Crippen LogP contribution in [-0.2, 0) is 9.53 Å². The van der Waals surface area contributed by atoms with E-state index in [1.807, 2.05) is 0 Å². The summed E-state index contributed by atoms with van der Waals surface area (Å²) in [6.07, 6.45) is 6.69. The first-order valence-corrected chi connectivity index (χ1v) is 11.2. The summed E-state index contributed by atoms with van der Waals surface area (Å²) in [5.74, 6) is 1.23. The Morgan fingerprint density at radius 2 is 1.97 bits per heavy atom. The summed E-state index contributed by atoms with van der Waals surface area (Å²) in [6, 6.07) is 5.18.